The van der Waals surface area contributed by atoms with E-state index in [9.17, 15) is 71.2 Å². The van der Waals surface area contributed by atoms with E-state index in [-0.39, 0.29) is 51.4 Å². The van der Waals surface area contributed by atoms with E-state index < -0.39 is 154 Å². The summed E-state index contributed by atoms with van der Waals surface area (Å²) in [5.74, 6) is -1.33. The molecule has 75 heavy (non-hydrogen) atoms. The minimum atomic E-state index is -2.15. The lowest BCUT2D eigenvalue weighted by Crippen LogP contribution is -2.69. The fraction of sp³-hybridized carbons (Fsp3) is 0.943. The summed E-state index contributed by atoms with van der Waals surface area (Å²) >= 11 is 0. The largest absolute Gasteiger partial charge is 0.479 e. The van der Waals surface area contributed by atoms with E-state index in [0.717, 1.165) is 44.9 Å². The number of rotatable bonds is 11. The lowest BCUT2D eigenvalue weighted by atomic mass is 9.33. The molecule has 4 heterocycles. The quantitative estimate of drug-likeness (QED) is 0.0887. The third-order valence-electron chi connectivity index (χ3n) is 21.2. The average Bonchev–Trinajstić information content (AvgIpc) is 3.37. The number of allylic oxidation sites excluding steroid dienone is 2. The van der Waals surface area contributed by atoms with E-state index in [4.69, 9.17) is 37.9 Å². The molecular formula is C53H86O22. The third-order valence-corrected chi connectivity index (χ3v) is 21.2. The second-order valence-electron chi connectivity index (χ2n) is 26.0. The molecule has 5 aliphatic carbocycles. The van der Waals surface area contributed by atoms with Crippen LogP contribution in [0.15, 0.2) is 11.6 Å². The van der Waals surface area contributed by atoms with Crippen molar-refractivity contribution in [2.75, 3.05) is 19.8 Å². The molecule has 0 spiro atoms. The van der Waals surface area contributed by atoms with Gasteiger partial charge in [0.1, 0.15) is 79.4 Å². The molecule has 0 bridgehead atoms. The third kappa shape index (κ3) is 9.40. The number of carboxylic acid groups (broad SMARTS) is 1. The first kappa shape index (κ1) is 58.1. The molecule has 4 aliphatic heterocycles. The highest BCUT2D eigenvalue weighted by Crippen LogP contribution is 2.76. The van der Waals surface area contributed by atoms with E-state index in [1.165, 1.54) is 12.5 Å². The number of carboxylic acids is 1. The molecule has 8 fully saturated rings. The molecule has 9 aliphatic rings. The second kappa shape index (κ2) is 20.7. The normalized spacial score (nSPS) is 55.9. The van der Waals surface area contributed by atoms with Crippen LogP contribution >= 0.6 is 0 Å². The number of hydrogen-bond acceptors (Lipinski definition) is 21. The van der Waals surface area contributed by atoms with Crippen LogP contribution in [0.25, 0.3) is 0 Å². The summed E-state index contributed by atoms with van der Waals surface area (Å²) in [5, 5.41) is 143. The lowest BCUT2D eigenvalue weighted by molar-refractivity contribution is -0.408. The standard InChI is InChI=1S/C53H86O22/c1-22-31(58)34(61)38(65)45(69-22)75-42-39(72-44-37(64)32(59)25(56)20-68-44)33(60)26(19-54)70-47(42)74-41-36(63)35(62)40(43(66)67)73-46(41)71-30-12-13-50(5)27(51(30,6)21-55)11-14-53(8)28(50)10-9-23-24-17-48(2,3)18-29(57)49(24,4)15-16-52(23,53)7/h9,22,24-42,44-47,54-65H,10-21H2,1-8H3,(H,66,67)/t22?,24?,25?,26?,27?,28?,29?,30?,31?,32?,33?,34?,35?,36?,37?,38?,39?,40?,41?,42?,44?,45?,46?,47?,49?,50-,51?,52?,53?/m0/s1. The van der Waals surface area contributed by atoms with E-state index in [1.807, 2.05) is 6.92 Å². The van der Waals surface area contributed by atoms with Crippen molar-refractivity contribution in [3.8, 4) is 0 Å². The summed E-state index contributed by atoms with van der Waals surface area (Å²) in [6.45, 7) is 15.5. The zero-order valence-electron chi connectivity index (χ0n) is 44.4. The zero-order valence-corrected chi connectivity index (χ0v) is 44.4. The van der Waals surface area contributed by atoms with Gasteiger partial charge >= 0.3 is 5.97 Å². The molecule has 29 atom stereocenters. The number of aliphatic hydroxyl groups is 12. The second-order valence-corrected chi connectivity index (χ2v) is 26.0. The number of aliphatic carboxylic acids is 1. The summed E-state index contributed by atoms with van der Waals surface area (Å²) in [7, 11) is 0. The van der Waals surface area contributed by atoms with Gasteiger partial charge in [-0.25, -0.2) is 4.79 Å². The molecule has 4 saturated carbocycles. The molecular weight excluding hydrogens is 989 g/mol. The van der Waals surface area contributed by atoms with Crippen molar-refractivity contribution in [1.29, 1.82) is 0 Å². The summed E-state index contributed by atoms with van der Waals surface area (Å²) in [4.78, 5) is 12.7. The monoisotopic (exact) mass is 1070 g/mol. The molecule has 0 aromatic heterocycles. The predicted molar refractivity (Wildman–Crippen MR) is 257 cm³/mol. The Labute approximate surface area is 437 Å². The van der Waals surface area contributed by atoms with Crippen LogP contribution in [0.2, 0.25) is 0 Å². The maximum Gasteiger partial charge on any atom is 0.335 e. The summed E-state index contributed by atoms with van der Waals surface area (Å²) in [6.07, 6.45) is -26.4. The SMILES string of the molecule is CC1OC(OC2C(OC3C(OC4CC[C@@]5(C)C(CCC6(C)C5CC=C5C7CC(C)(C)CC(O)C7(C)CCC56C)C4(C)CO)OC(C(=O)O)C(O)C3O)OC(CO)C(O)C2OC2OCC(O)C(O)C2O)C(O)C(O)C1O. The van der Waals surface area contributed by atoms with Crippen molar-refractivity contribution in [2.45, 2.75) is 242 Å². The number of aliphatic hydroxyl groups excluding tert-OH is 12. The van der Waals surface area contributed by atoms with Gasteiger partial charge in [-0.1, -0.05) is 60.1 Å². The molecule has 13 N–H and O–H groups in total. The Hall–Kier alpha value is -1.59. The van der Waals surface area contributed by atoms with Crippen LogP contribution in [0.3, 0.4) is 0 Å². The lowest BCUT2D eigenvalue weighted by Gasteiger charge is -2.72. The maximum atomic E-state index is 12.7. The molecule has 0 amide bonds. The highest BCUT2D eigenvalue weighted by molar-refractivity contribution is 5.73. The Kier molecular flexibility index (Phi) is 16.1. The molecule has 4 saturated heterocycles. The number of ether oxygens (including phenoxy) is 8. The number of fused-ring (bicyclic) bond motifs is 7. The Morgan fingerprint density at radius 2 is 1.28 bits per heavy atom. The van der Waals surface area contributed by atoms with Crippen molar-refractivity contribution in [3.05, 3.63) is 11.6 Å². The van der Waals surface area contributed by atoms with Crippen LogP contribution in [0.1, 0.15) is 113 Å². The first-order chi connectivity index (χ1) is 35.0. The minimum absolute atomic E-state index is 0.00990. The highest BCUT2D eigenvalue weighted by atomic mass is 16.8. The van der Waals surface area contributed by atoms with Gasteiger partial charge in [-0.3, -0.25) is 0 Å². The van der Waals surface area contributed by atoms with Gasteiger partial charge in [0.25, 0.3) is 0 Å². The fourth-order valence-corrected chi connectivity index (χ4v) is 16.3. The Morgan fingerprint density at radius 3 is 1.95 bits per heavy atom. The molecule has 0 aromatic carbocycles. The zero-order chi connectivity index (χ0) is 54.9. The topological polar surface area (TPSA) is 354 Å². The van der Waals surface area contributed by atoms with Crippen LogP contribution in [-0.2, 0) is 42.7 Å². The minimum Gasteiger partial charge on any atom is -0.479 e. The maximum absolute atomic E-state index is 12.7. The van der Waals surface area contributed by atoms with E-state index in [0.29, 0.717) is 12.8 Å². The molecule has 9 rings (SSSR count). The van der Waals surface area contributed by atoms with Crippen molar-refractivity contribution in [1.82, 2.24) is 0 Å². The van der Waals surface area contributed by atoms with Gasteiger partial charge in [0.15, 0.2) is 31.3 Å². The van der Waals surface area contributed by atoms with Crippen LogP contribution in [0.5, 0.6) is 0 Å². The van der Waals surface area contributed by atoms with E-state index in [2.05, 4.69) is 47.6 Å². The van der Waals surface area contributed by atoms with Crippen molar-refractivity contribution < 1.29 is 109 Å². The molecule has 0 radical (unpaired) electrons. The van der Waals surface area contributed by atoms with Gasteiger partial charge in [-0.15, -0.1) is 0 Å². The molecule has 28 unspecified atom stereocenters. The molecule has 22 heteroatoms. The first-order valence-corrected chi connectivity index (χ1v) is 27.2. The van der Waals surface area contributed by atoms with Crippen LogP contribution in [0, 0.1) is 50.2 Å². The van der Waals surface area contributed by atoms with Crippen LogP contribution < -0.4 is 0 Å². The fourth-order valence-electron chi connectivity index (χ4n) is 16.3. The van der Waals surface area contributed by atoms with Crippen molar-refractivity contribution in [2.24, 2.45) is 50.2 Å². The van der Waals surface area contributed by atoms with Gasteiger partial charge in [-0.05, 0) is 104 Å². The van der Waals surface area contributed by atoms with E-state index >= 15 is 0 Å². The van der Waals surface area contributed by atoms with E-state index in [1.54, 1.807) is 0 Å². The van der Waals surface area contributed by atoms with Crippen molar-refractivity contribution in [3.63, 3.8) is 0 Å². The summed E-state index contributed by atoms with van der Waals surface area (Å²) < 4.78 is 48.7. The smallest absolute Gasteiger partial charge is 0.335 e. The van der Waals surface area contributed by atoms with Gasteiger partial charge in [-0.2, -0.15) is 0 Å². The molecule has 0 aromatic rings. The Balaban J connectivity index is 1.02. The van der Waals surface area contributed by atoms with Crippen LogP contribution in [-0.4, -0.2) is 221 Å². The number of hydrogen-bond donors (Lipinski definition) is 13. The van der Waals surface area contributed by atoms with Crippen LogP contribution in [0.4, 0.5) is 0 Å². The summed E-state index contributed by atoms with van der Waals surface area (Å²) in [5.41, 5.74) is -0.335. The van der Waals surface area contributed by atoms with Crippen molar-refractivity contribution >= 4 is 5.97 Å². The highest BCUT2D eigenvalue weighted by Gasteiger charge is 2.70. The molecule has 22 nitrogen and oxygen atoms in total. The van der Waals surface area contributed by atoms with Gasteiger partial charge in [0.05, 0.1) is 38.1 Å². The Morgan fingerprint density at radius 1 is 0.627 bits per heavy atom. The van der Waals surface area contributed by atoms with Gasteiger partial charge in [0.2, 0.25) is 0 Å². The Bertz CT molecular complexity index is 2080. The first-order valence-electron chi connectivity index (χ1n) is 27.2. The molecule has 430 valence electrons. The number of carbonyl (C=O) groups is 1. The van der Waals surface area contributed by atoms with Gasteiger partial charge in [0, 0.05) is 10.8 Å². The van der Waals surface area contributed by atoms with Gasteiger partial charge < -0.3 is 104 Å². The summed E-state index contributed by atoms with van der Waals surface area (Å²) in [6, 6.07) is 0. The predicted octanol–water partition coefficient (Wildman–Crippen LogP) is -0.832. The average molecular weight is 1080 g/mol.